The first-order valence-corrected chi connectivity index (χ1v) is 12.2. The van der Waals surface area contributed by atoms with Crippen molar-refractivity contribution < 1.29 is 28.2 Å². The molecule has 0 saturated carbocycles. The van der Waals surface area contributed by atoms with Crippen LogP contribution in [0.5, 0.6) is 0 Å². The lowest BCUT2D eigenvalue weighted by molar-refractivity contribution is -0.138. The number of rotatable bonds is 9. The molecule has 1 atom stereocenters. The van der Waals surface area contributed by atoms with Crippen LogP contribution >= 0.6 is 23.1 Å². The smallest absolute Gasteiger partial charge is 0.416 e. The van der Waals surface area contributed by atoms with Crippen molar-refractivity contribution >= 4 is 29.1 Å². The Kier molecular flexibility index (Phi) is 8.26. The minimum atomic E-state index is -4.37. The molecule has 1 aromatic heterocycles. The highest BCUT2D eigenvalue weighted by molar-refractivity contribution is 7.99. The fourth-order valence-corrected chi connectivity index (χ4v) is 6.09. The van der Waals surface area contributed by atoms with E-state index in [1.807, 2.05) is 25.1 Å². The van der Waals surface area contributed by atoms with E-state index in [1.54, 1.807) is 11.8 Å². The van der Waals surface area contributed by atoms with Gasteiger partial charge in [0, 0.05) is 32.9 Å². The Morgan fingerprint density at radius 2 is 1.76 bits per heavy atom. The first-order chi connectivity index (χ1) is 15.6. The van der Waals surface area contributed by atoms with E-state index in [0.717, 1.165) is 43.5 Å². The molecule has 33 heavy (non-hydrogen) atoms. The summed E-state index contributed by atoms with van der Waals surface area (Å²) < 4.78 is 38.6. The number of aliphatic carboxylic acids is 1. The van der Waals surface area contributed by atoms with Crippen LogP contribution in [0.25, 0.3) is 10.4 Å². The molecule has 0 spiro atoms. The minimum absolute atomic E-state index is 0.00897. The number of alkyl halides is 3. The number of aryl methyl sites for hydroxylation is 2. The molecule has 1 heterocycles. The van der Waals surface area contributed by atoms with Crippen LogP contribution in [0.1, 0.15) is 45.7 Å². The van der Waals surface area contributed by atoms with Crippen LogP contribution in [-0.2, 0) is 23.8 Å². The molecule has 0 fully saturated rings. The van der Waals surface area contributed by atoms with Gasteiger partial charge in [0.25, 0.3) is 0 Å². The van der Waals surface area contributed by atoms with Crippen LogP contribution in [0.4, 0.5) is 13.2 Å². The van der Waals surface area contributed by atoms with E-state index in [-0.39, 0.29) is 18.3 Å². The van der Waals surface area contributed by atoms with E-state index in [1.165, 1.54) is 23.5 Å². The average molecular weight is 495 g/mol. The van der Waals surface area contributed by atoms with E-state index in [9.17, 15) is 23.1 Å². The predicted octanol–water partition coefficient (Wildman–Crippen LogP) is 7.15. The number of carboxylic acid groups (broad SMARTS) is 1. The van der Waals surface area contributed by atoms with Crippen LogP contribution < -0.4 is 0 Å². The van der Waals surface area contributed by atoms with Gasteiger partial charge in [-0.05, 0) is 79.3 Å². The van der Waals surface area contributed by atoms with Crippen molar-refractivity contribution in [1.29, 1.82) is 0 Å². The number of carboxylic acids is 1. The summed E-state index contributed by atoms with van der Waals surface area (Å²) in [5.74, 6) is -0.820. The summed E-state index contributed by atoms with van der Waals surface area (Å²) >= 11 is 3.20. The van der Waals surface area contributed by atoms with Crippen LogP contribution in [0.3, 0.4) is 0 Å². The number of aliphatic hydroxyl groups is 1. The lowest BCUT2D eigenvalue weighted by Crippen LogP contribution is -2.03. The van der Waals surface area contributed by atoms with Gasteiger partial charge in [-0.2, -0.15) is 13.2 Å². The Labute approximate surface area is 199 Å². The minimum Gasteiger partial charge on any atom is -0.481 e. The van der Waals surface area contributed by atoms with Gasteiger partial charge >= 0.3 is 12.1 Å². The van der Waals surface area contributed by atoms with Crippen LogP contribution in [0.15, 0.2) is 53.4 Å². The summed E-state index contributed by atoms with van der Waals surface area (Å²) in [7, 11) is 0. The Hall–Kier alpha value is -2.29. The maximum atomic E-state index is 12.9. The number of thiophene rings is 1. The third kappa shape index (κ3) is 6.62. The summed E-state index contributed by atoms with van der Waals surface area (Å²) in [5.41, 5.74) is 3.09. The second kappa shape index (κ2) is 10.8. The fourth-order valence-electron chi connectivity index (χ4n) is 3.59. The average Bonchev–Trinajstić information content (AvgIpc) is 3.17. The summed E-state index contributed by atoms with van der Waals surface area (Å²) in [6.07, 6.45) is -3.31. The van der Waals surface area contributed by atoms with E-state index in [0.29, 0.717) is 18.4 Å². The molecule has 0 aliphatic heterocycles. The molecule has 0 amide bonds. The highest BCUT2D eigenvalue weighted by Gasteiger charge is 2.30. The van der Waals surface area contributed by atoms with Gasteiger partial charge in [-0.3, -0.25) is 4.79 Å². The standard InChI is InChI=1S/C25H25F3O3S2/c1-15-13-21(9-5-17(15)6-10-23(30)31)32-16(2)24-19(11-12-29)14-22(33-24)18-3-7-20(8-4-18)25(26,27)28/h3-5,7-9,13-14,16,29H,6,10-12H2,1-2H3,(H,30,31). The molecule has 0 saturated heterocycles. The van der Waals surface area contributed by atoms with Gasteiger partial charge in [-0.1, -0.05) is 18.2 Å². The van der Waals surface area contributed by atoms with Crippen LogP contribution in [-0.4, -0.2) is 22.8 Å². The molecule has 3 rings (SSSR count). The molecule has 2 aromatic carbocycles. The van der Waals surface area contributed by atoms with Gasteiger partial charge in [-0.25, -0.2) is 0 Å². The lowest BCUT2D eigenvalue weighted by Gasteiger charge is -2.14. The summed E-state index contributed by atoms with van der Waals surface area (Å²) in [6.45, 7) is 4.03. The fraction of sp³-hybridized carbons (Fsp3) is 0.320. The SMILES string of the molecule is Cc1cc(SC(C)c2sc(-c3ccc(C(F)(F)F)cc3)cc2CCO)ccc1CCC(=O)O. The summed E-state index contributed by atoms with van der Waals surface area (Å²) in [5, 5.41) is 18.5. The Balaban J connectivity index is 1.81. The van der Waals surface area contributed by atoms with E-state index < -0.39 is 17.7 Å². The third-order valence-corrected chi connectivity index (χ3v) is 8.00. The molecule has 3 nitrogen and oxygen atoms in total. The second-order valence-corrected chi connectivity index (χ2v) is 10.3. The van der Waals surface area contributed by atoms with Gasteiger partial charge in [0.05, 0.1) is 5.56 Å². The van der Waals surface area contributed by atoms with Crippen molar-refractivity contribution in [3.05, 3.63) is 75.7 Å². The van der Waals surface area contributed by atoms with Gasteiger partial charge in [0.1, 0.15) is 0 Å². The zero-order valence-electron chi connectivity index (χ0n) is 18.3. The van der Waals surface area contributed by atoms with Crippen molar-refractivity contribution in [3.8, 4) is 10.4 Å². The number of halogens is 3. The number of carbonyl (C=O) groups is 1. The molecule has 176 valence electrons. The van der Waals surface area contributed by atoms with Crippen molar-refractivity contribution in [2.24, 2.45) is 0 Å². The second-order valence-electron chi connectivity index (χ2n) is 7.79. The highest BCUT2D eigenvalue weighted by Crippen LogP contribution is 2.44. The number of benzene rings is 2. The maximum Gasteiger partial charge on any atom is 0.416 e. The Morgan fingerprint density at radius 1 is 1.06 bits per heavy atom. The largest absolute Gasteiger partial charge is 0.481 e. The Bertz CT molecular complexity index is 1110. The number of hydrogen-bond acceptors (Lipinski definition) is 4. The van der Waals surface area contributed by atoms with E-state index in [2.05, 4.69) is 13.0 Å². The predicted molar refractivity (Wildman–Crippen MR) is 127 cm³/mol. The monoisotopic (exact) mass is 494 g/mol. The molecule has 2 N–H and O–H groups in total. The summed E-state index contributed by atoms with van der Waals surface area (Å²) in [4.78, 5) is 13.8. The van der Waals surface area contributed by atoms with Gasteiger partial charge in [0.15, 0.2) is 0 Å². The highest BCUT2D eigenvalue weighted by atomic mass is 32.2. The zero-order valence-corrected chi connectivity index (χ0v) is 19.9. The molecule has 0 aliphatic carbocycles. The van der Waals surface area contributed by atoms with Crippen molar-refractivity contribution in [2.45, 2.75) is 49.4 Å². The third-order valence-electron chi connectivity index (χ3n) is 5.32. The molecule has 8 heteroatoms. The lowest BCUT2D eigenvalue weighted by atomic mass is 10.0. The molecule has 0 aliphatic rings. The van der Waals surface area contributed by atoms with Crippen LogP contribution in [0, 0.1) is 6.92 Å². The molecule has 0 bridgehead atoms. The van der Waals surface area contributed by atoms with Crippen molar-refractivity contribution in [3.63, 3.8) is 0 Å². The Morgan fingerprint density at radius 3 is 2.33 bits per heavy atom. The first kappa shape index (κ1) is 25.3. The van der Waals surface area contributed by atoms with E-state index >= 15 is 0 Å². The molecule has 0 radical (unpaired) electrons. The normalized spacial score (nSPS) is 12.7. The molecular weight excluding hydrogens is 469 g/mol. The summed E-state index contributed by atoms with van der Waals surface area (Å²) in [6, 6.07) is 13.1. The van der Waals surface area contributed by atoms with Gasteiger partial charge < -0.3 is 10.2 Å². The topological polar surface area (TPSA) is 57.5 Å². The molecular formula is C25H25F3O3S2. The molecule has 1 unspecified atom stereocenters. The van der Waals surface area contributed by atoms with Gasteiger partial charge in [0.2, 0.25) is 0 Å². The quantitative estimate of drug-likeness (QED) is 0.310. The number of thioether (sulfide) groups is 1. The molecule has 3 aromatic rings. The van der Waals surface area contributed by atoms with Crippen LogP contribution in [0.2, 0.25) is 0 Å². The van der Waals surface area contributed by atoms with Gasteiger partial charge in [-0.15, -0.1) is 23.1 Å². The number of hydrogen-bond donors (Lipinski definition) is 2. The van der Waals surface area contributed by atoms with Crippen molar-refractivity contribution in [2.75, 3.05) is 6.61 Å². The van der Waals surface area contributed by atoms with E-state index in [4.69, 9.17) is 5.11 Å². The van der Waals surface area contributed by atoms with Crippen molar-refractivity contribution in [1.82, 2.24) is 0 Å². The first-order valence-electron chi connectivity index (χ1n) is 10.5. The zero-order chi connectivity index (χ0) is 24.2. The maximum absolute atomic E-state index is 12.9. The number of aliphatic hydroxyl groups excluding tert-OH is 1.